The van der Waals surface area contributed by atoms with Gasteiger partial charge in [-0.05, 0) is 19.9 Å². The zero-order chi connectivity index (χ0) is 12.4. The van der Waals surface area contributed by atoms with Crippen LogP contribution in [0.1, 0.15) is 23.4 Å². The van der Waals surface area contributed by atoms with Crippen LogP contribution in [-0.2, 0) is 0 Å². The van der Waals surface area contributed by atoms with Crippen molar-refractivity contribution in [3.63, 3.8) is 0 Å². The Bertz CT molecular complexity index is 525. The minimum Gasteiger partial charge on any atom is -0.355 e. The highest BCUT2D eigenvalue weighted by Gasteiger charge is 2.12. The topological polar surface area (TPSA) is 24.9 Å². The van der Waals surface area contributed by atoms with Crippen LogP contribution in [-0.4, -0.2) is 4.98 Å². The number of nitrogens with one attached hydrogen (secondary N) is 1. The van der Waals surface area contributed by atoms with E-state index in [2.05, 4.69) is 10.3 Å². The number of thiazole rings is 1. The molecule has 0 aliphatic rings. The molecule has 1 aromatic heterocycles. The molecule has 0 radical (unpaired) electrons. The Hall–Kier alpha value is -1.49. The molecule has 0 spiro atoms. The van der Waals surface area contributed by atoms with Crippen molar-refractivity contribution in [1.82, 2.24) is 4.98 Å². The number of halogens is 2. The third kappa shape index (κ3) is 2.79. The Labute approximate surface area is 102 Å². The molecule has 0 bridgehead atoms. The number of rotatable bonds is 3. The predicted octanol–water partition coefficient (Wildman–Crippen LogP) is 3.90. The summed E-state index contributed by atoms with van der Waals surface area (Å²) in [6, 6.07) is 3.34. The van der Waals surface area contributed by atoms with Crippen molar-refractivity contribution >= 4 is 16.5 Å². The van der Waals surface area contributed by atoms with Gasteiger partial charge in [-0.2, -0.15) is 0 Å². The number of benzene rings is 1. The maximum absolute atomic E-state index is 13.5. The molecule has 90 valence electrons. The molecule has 5 heteroatoms. The standard InChI is InChI=1S/C12H12F2N2S/c1-7-6-15-12(17-7)16-8(2)10-4-3-9(13)5-11(10)14/h3-6,8H,1-2H3,(H,15,16). The van der Waals surface area contributed by atoms with E-state index in [0.717, 1.165) is 16.1 Å². The van der Waals surface area contributed by atoms with Crippen molar-refractivity contribution < 1.29 is 8.78 Å². The van der Waals surface area contributed by atoms with Crippen molar-refractivity contribution in [2.45, 2.75) is 19.9 Å². The van der Waals surface area contributed by atoms with Crippen LogP contribution < -0.4 is 5.32 Å². The van der Waals surface area contributed by atoms with Gasteiger partial charge in [0.1, 0.15) is 11.6 Å². The third-order valence-corrected chi connectivity index (χ3v) is 3.23. The lowest BCUT2D eigenvalue weighted by Crippen LogP contribution is -2.08. The SMILES string of the molecule is Cc1cnc(NC(C)c2ccc(F)cc2F)s1. The van der Waals surface area contributed by atoms with Crippen molar-refractivity contribution in [2.24, 2.45) is 0 Å². The molecular weight excluding hydrogens is 242 g/mol. The molecule has 2 aromatic rings. The normalized spacial score (nSPS) is 12.5. The predicted molar refractivity (Wildman–Crippen MR) is 65.2 cm³/mol. The monoisotopic (exact) mass is 254 g/mol. The quantitative estimate of drug-likeness (QED) is 0.898. The van der Waals surface area contributed by atoms with E-state index in [1.54, 1.807) is 6.20 Å². The third-order valence-electron chi connectivity index (χ3n) is 2.39. The Morgan fingerprint density at radius 1 is 1.35 bits per heavy atom. The van der Waals surface area contributed by atoms with Gasteiger partial charge in [-0.1, -0.05) is 6.07 Å². The van der Waals surface area contributed by atoms with Crippen LogP contribution in [0.25, 0.3) is 0 Å². The van der Waals surface area contributed by atoms with E-state index in [-0.39, 0.29) is 6.04 Å². The van der Waals surface area contributed by atoms with Crippen LogP contribution in [0, 0.1) is 18.6 Å². The molecule has 0 aliphatic heterocycles. The molecule has 2 nitrogen and oxygen atoms in total. The maximum atomic E-state index is 13.5. The van der Waals surface area contributed by atoms with Crippen LogP contribution in [0.5, 0.6) is 0 Å². The average Bonchev–Trinajstić information content (AvgIpc) is 2.63. The van der Waals surface area contributed by atoms with Gasteiger partial charge in [-0.25, -0.2) is 13.8 Å². The smallest absolute Gasteiger partial charge is 0.183 e. The Morgan fingerprint density at radius 3 is 2.71 bits per heavy atom. The number of anilines is 1. The molecule has 1 atom stereocenters. The Balaban J connectivity index is 2.17. The average molecular weight is 254 g/mol. The molecule has 2 rings (SSSR count). The van der Waals surface area contributed by atoms with Crippen LogP contribution >= 0.6 is 11.3 Å². The van der Waals surface area contributed by atoms with E-state index in [0.29, 0.717) is 5.56 Å². The van der Waals surface area contributed by atoms with E-state index < -0.39 is 11.6 Å². The van der Waals surface area contributed by atoms with Crippen molar-refractivity contribution in [3.05, 3.63) is 46.5 Å². The molecule has 1 heterocycles. The van der Waals surface area contributed by atoms with Crippen LogP contribution in [0.2, 0.25) is 0 Å². The minimum absolute atomic E-state index is 0.249. The van der Waals surface area contributed by atoms with Gasteiger partial charge in [0.05, 0.1) is 6.04 Å². The van der Waals surface area contributed by atoms with E-state index in [4.69, 9.17) is 0 Å². The summed E-state index contributed by atoms with van der Waals surface area (Å²) >= 11 is 1.50. The first-order valence-electron chi connectivity index (χ1n) is 5.20. The summed E-state index contributed by atoms with van der Waals surface area (Å²) in [6.45, 7) is 3.76. The lowest BCUT2D eigenvalue weighted by molar-refractivity contribution is 0.566. The van der Waals surface area contributed by atoms with Gasteiger partial charge in [-0.15, -0.1) is 11.3 Å². The van der Waals surface area contributed by atoms with Gasteiger partial charge >= 0.3 is 0 Å². The summed E-state index contributed by atoms with van der Waals surface area (Å²) in [5.74, 6) is -1.11. The van der Waals surface area contributed by atoms with Crippen LogP contribution in [0.15, 0.2) is 24.4 Å². The second kappa shape index (κ2) is 4.79. The van der Waals surface area contributed by atoms with Crippen LogP contribution in [0.3, 0.4) is 0 Å². The fourth-order valence-corrected chi connectivity index (χ4v) is 2.29. The highest BCUT2D eigenvalue weighted by molar-refractivity contribution is 7.15. The van der Waals surface area contributed by atoms with Gasteiger partial charge in [0.15, 0.2) is 5.13 Å². The molecule has 0 aliphatic carbocycles. The fourth-order valence-electron chi connectivity index (χ4n) is 1.54. The van der Waals surface area contributed by atoms with Gasteiger partial charge in [0, 0.05) is 22.7 Å². The first-order valence-corrected chi connectivity index (χ1v) is 6.02. The zero-order valence-corrected chi connectivity index (χ0v) is 10.3. The van der Waals surface area contributed by atoms with E-state index in [1.165, 1.54) is 23.5 Å². The lowest BCUT2D eigenvalue weighted by atomic mass is 10.1. The highest BCUT2D eigenvalue weighted by Crippen LogP contribution is 2.24. The molecule has 0 saturated heterocycles. The van der Waals surface area contributed by atoms with Crippen molar-refractivity contribution in [3.8, 4) is 0 Å². The van der Waals surface area contributed by atoms with Gasteiger partial charge in [0.2, 0.25) is 0 Å². The van der Waals surface area contributed by atoms with Gasteiger partial charge in [-0.3, -0.25) is 0 Å². The summed E-state index contributed by atoms with van der Waals surface area (Å²) in [5, 5.41) is 3.82. The van der Waals surface area contributed by atoms with Gasteiger partial charge < -0.3 is 5.32 Å². The molecule has 1 unspecified atom stereocenters. The number of aryl methyl sites for hydroxylation is 1. The van der Waals surface area contributed by atoms with E-state index in [9.17, 15) is 8.78 Å². The number of hydrogen-bond donors (Lipinski definition) is 1. The molecule has 0 saturated carbocycles. The summed E-state index contributed by atoms with van der Waals surface area (Å²) in [7, 11) is 0. The largest absolute Gasteiger partial charge is 0.355 e. The van der Waals surface area contributed by atoms with Crippen molar-refractivity contribution in [1.29, 1.82) is 0 Å². The van der Waals surface area contributed by atoms with Crippen molar-refractivity contribution in [2.75, 3.05) is 5.32 Å². The molecule has 0 amide bonds. The number of nitrogens with zero attached hydrogens (tertiary/aromatic N) is 1. The summed E-state index contributed by atoms with van der Waals surface area (Å²) in [6.07, 6.45) is 1.75. The fraction of sp³-hybridized carbons (Fsp3) is 0.250. The van der Waals surface area contributed by atoms with Gasteiger partial charge in [0.25, 0.3) is 0 Å². The highest BCUT2D eigenvalue weighted by atomic mass is 32.1. The number of aromatic nitrogens is 1. The van der Waals surface area contributed by atoms with E-state index >= 15 is 0 Å². The Morgan fingerprint density at radius 2 is 2.12 bits per heavy atom. The van der Waals surface area contributed by atoms with Crippen LogP contribution in [0.4, 0.5) is 13.9 Å². The summed E-state index contributed by atoms with van der Waals surface area (Å²) in [4.78, 5) is 5.22. The Kier molecular flexibility index (Phi) is 3.38. The number of hydrogen-bond acceptors (Lipinski definition) is 3. The molecular formula is C12H12F2N2S. The minimum atomic E-state index is -0.566. The molecule has 1 N–H and O–H groups in total. The second-order valence-electron chi connectivity index (χ2n) is 3.81. The first kappa shape index (κ1) is 12.0. The van der Waals surface area contributed by atoms with E-state index in [1.807, 2.05) is 13.8 Å². The summed E-state index contributed by atoms with van der Waals surface area (Å²) in [5.41, 5.74) is 0.430. The second-order valence-corrected chi connectivity index (χ2v) is 5.04. The molecule has 0 fully saturated rings. The summed E-state index contributed by atoms with van der Waals surface area (Å²) < 4.78 is 26.3. The molecule has 1 aromatic carbocycles. The zero-order valence-electron chi connectivity index (χ0n) is 9.50. The maximum Gasteiger partial charge on any atom is 0.183 e. The lowest BCUT2D eigenvalue weighted by Gasteiger charge is -2.14. The molecule has 17 heavy (non-hydrogen) atoms. The first-order chi connectivity index (χ1) is 8.06.